The summed E-state index contributed by atoms with van der Waals surface area (Å²) >= 11 is 6.12. The van der Waals surface area contributed by atoms with Gasteiger partial charge in [-0.25, -0.2) is 4.40 Å². The Balaban J connectivity index is 1.79. The molecule has 3 aromatic carbocycles. The second-order valence-electron chi connectivity index (χ2n) is 7.44. The lowest BCUT2D eigenvalue weighted by atomic mass is 10.2. The van der Waals surface area contributed by atoms with E-state index < -0.39 is 0 Å². The Morgan fingerprint density at radius 3 is 2.06 bits per heavy atom. The zero-order valence-electron chi connectivity index (χ0n) is 16.9. The van der Waals surface area contributed by atoms with E-state index in [1.54, 1.807) is 0 Å². The van der Waals surface area contributed by atoms with Crippen molar-refractivity contribution in [3.05, 3.63) is 108 Å². The molecule has 32 heavy (non-hydrogen) atoms. The lowest BCUT2D eigenvalue weighted by Gasteiger charge is -2.13. The summed E-state index contributed by atoms with van der Waals surface area (Å²) in [6.07, 6.45) is 1.98. The highest BCUT2D eigenvalue weighted by atomic mass is 35.5. The summed E-state index contributed by atoms with van der Waals surface area (Å²) in [7, 11) is 0. The lowest BCUT2D eigenvalue weighted by molar-refractivity contribution is 0.912. The third kappa shape index (κ3) is 2.77. The molecule has 0 saturated heterocycles. The van der Waals surface area contributed by atoms with Crippen LogP contribution in [-0.2, 0) is 0 Å². The normalized spacial score (nSPS) is 11.4. The molecule has 0 aliphatic rings. The van der Waals surface area contributed by atoms with Crippen molar-refractivity contribution >= 4 is 28.4 Å². The molecule has 0 atom stereocenters. The van der Waals surface area contributed by atoms with Gasteiger partial charge in [0.2, 0.25) is 5.78 Å². The largest absolute Gasteiger partial charge is 0.302 e. The standard InChI is InChI=1S/C25H17ClN6/c26-18-13-11-17(12-14-18)23-28-29-25-31(20-9-5-2-6-10-20)22(27)21-15-16-30(24(21)32(23)25)19-7-3-1-4-8-19/h1-16,27H. The fraction of sp³-hybridized carbons (Fsp3) is 0. The first-order valence-corrected chi connectivity index (χ1v) is 10.5. The van der Waals surface area contributed by atoms with Crippen molar-refractivity contribution in [2.45, 2.75) is 0 Å². The Morgan fingerprint density at radius 1 is 0.719 bits per heavy atom. The second kappa shape index (κ2) is 7.21. The van der Waals surface area contributed by atoms with Gasteiger partial charge in [0.05, 0.1) is 11.1 Å². The predicted molar refractivity (Wildman–Crippen MR) is 125 cm³/mol. The maximum atomic E-state index is 9.03. The first-order valence-electron chi connectivity index (χ1n) is 10.1. The van der Waals surface area contributed by atoms with Gasteiger partial charge in [-0.2, -0.15) is 0 Å². The summed E-state index contributed by atoms with van der Waals surface area (Å²) in [5.41, 5.74) is 3.92. The van der Waals surface area contributed by atoms with Gasteiger partial charge in [-0.3, -0.25) is 9.98 Å². The number of nitrogens with one attached hydrogen (secondary N) is 1. The number of aromatic nitrogens is 5. The highest BCUT2D eigenvalue weighted by molar-refractivity contribution is 6.30. The summed E-state index contributed by atoms with van der Waals surface area (Å²) in [4.78, 5) is 0. The number of hydrogen-bond acceptors (Lipinski definition) is 3. The Morgan fingerprint density at radius 2 is 1.38 bits per heavy atom. The fourth-order valence-corrected chi connectivity index (χ4v) is 4.20. The van der Waals surface area contributed by atoms with Crippen molar-refractivity contribution in [2.75, 3.05) is 0 Å². The number of halogens is 1. The number of fused-ring (bicyclic) bond motifs is 3. The quantitative estimate of drug-likeness (QED) is 0.411. The van der Waals surface area contributed by atoms with E-state index in [1.807, 2.05) is 106 Å². The van der Waals surface area contributed by atoms with Crippen LogP contribution in [-0.4, -0.2) is 23.7 Å². The molecule has 3 heterocycles. The lowest BCUT2D eigenvalue weighted by Crippen LogP contribution is -2.22. The molecule has 6 rings (SSSR count). The monoisotopic (exact) mass is 436 g/mol. The van der Waals surface area contributed by atoms with Crippen molar-refractivity contribution in [3.63, 3.8) is 0 Å². The van der Waals surface area contributed by atoms with Gasteiger partial charge in [-0.05, 0) is 54.6 Å². The highest BCUT2D eigenvalue weighted by Gasteiger charge is 2.20. The minimum atomic E-state index is 0.350. The van der Waals surface area contributed by atoms with Crippen LogP contribution in [0.25, 0.3) is 39.6 Å². The minimum Gasteiger partial charge on any atom is -0.302 e. The average molecular weight is 437 g/mol. The SMILES string of the molecule is N=c1c2ccn(-c3ccccc3)c2n2c(-c3ccc(Cl)cc3)nnc2n1-c1ccccc1. The molecule has 0 fully saturated rings. The van der Waals surface area contributed by atoms with Crippen LogP contribution in [0.4, 0.5) is 0 Å². The minimum absolute atomic E-state index is 0.350. The van der Waals surface area contributed by atoms with Gasteiger partial charge >= 0.3 is 0 Å². The molecule has 6 aromatic rings. The van der Waals surface area contributed by atoms with Gasteiger partial charge in [-0.1, -0.05) is 48.0 Å². The Labute approximate surface area is 188 Å². The van der Waals surface area contributed by atoms with Crippen LogP contribution in [0.2, 0.25) is 5.02 Å². The Kier molecular flexibility index (Phi) is 4.19. The van der Waals surface area contributed by atoms with Crippen LogP contribution in [0.1, 0.15) is 0 Å². The van der Waals surface area contributed by atoms with Crippen molar-refractivity contribution in [3.8, 4) is 22.8 Å². The highest BCUT2D eigenvalue weighted by Crippen LogP contribution is 2.27. The zero-order valence-corrected chi connectivity index (χ0v) is 17.6. The third-order valence-electron chi connectivity index (χ3n) is 5.55. The molecule has 7 heteroatoms. The van der Waals surface area contributed by atoms with Gasteiger partial charge < -0.3 is 4.57 Å². The molecular weight excluding hydrogens is 420 g/mol. The van der Waals surface area contributed by atoms with E-state index in [4.69, 9.17) is 17.0 Å². The van der Waals surface area contributed by atoms with Gasteiger partial charge in [0.1, 0.15) is 11.1 Å². The van der Waals surface area contributed by atoms with Crippen LogP contribution in [0, 0.1) is 5.41 Å². The zero-order chi connectivity index (χ0) is 21.7. The average Bonchev–Trinajstić information content (AvgIpc) is 3.46. The summed E-state index contributed by atoms with van der Waals surface area (Å²) in [5, 5.41) is 19.5. The third-order valence-corrected chi connectivity index (χ3v) is 5.80. The summed E-state index contributed by atoms with van der Waals surface area (Å²) < 4.78 is 5.90. The summed E-state index contributed by atoms with van der Waals surface area (Å²) in [6, 6.07) is 29.4. The fourth-order valence-electron chi connectivity index (χ4n) is 4.08. The number of nitrogens with zero attached hydrogens (tertiary/aromatic N) is 5. The topological polar surface area (TPSA) is 63.9 Å². The molecule has 154 valence electrons. The number of hydrogen-bond donors (Lipinski definition) is 1. The molecule has 1 N–H and O–H groups in total. The van der Waals surface area contributed by atoms with Gasteiger partial charge in [0.25, 0.3) is 0 Å². The molecule has 0 radical (unpaired) electrons. The van der Waals surface area contributed by atoms with Crippen LogP contribution < -0.4 is 5.49 Å². The predicted octanol–water partition coefficient (Wildman–Crippen LogP) is 5.26. The van der Waals surface area contributed by atoms with E-state index >= 15 is 0 Å². The molecule has 0 unspecified atom stereocenters. The van der Waals surface area contributed by atoms with Crippen LogP contribution in [0.5, 0.6) is 0 Å². The Hall–Kier alpha value is -4.16. The van der Waals surface area contributed by atoms with Crippen LogP contribution >= 0.6 is 11.6 Å². The van der Waals surface area contributed by atoms with Gasteiger partial charge in [-0.15, -0.1) is 10.2 Å². The molecule has 0 saturated carbocycles. The molecular formula is C25H17ClN6. The molecule has 0 aliphatic heterocycles. The second-order valence-corrected chi connectivity index (χ2v) is 7.88. The summed E-state index contributed by atoms with van der Waals surface area (Å²) in [5.74, 6) is 1.25. The van der Waals surface area contributed by atoms with E-state index in [2.05, 4.69) is 14.8 Å². The maximum Gasteiger partial charge on any atom is 0.243 e. The van der Waals surface area contributed by atoms with Crippen molar-refractivity contribution in [1.82, 2.24) is 23.7 Å². The van der Waals surface area contributed by atoms with E-state index in [1.165, 1.54) is 0 Å². The van der Waals surface area contributed by atoms with E-state index in [0.29, 0.717) is 22.1 Å². The number of para-hydroxylation sites is 2. The molecule has 6 nitrogen and oxygen atoms in total. The molecule has 0 amide bonds. The van der Waals surface area contributed by atoms with Gasteiger partial charge in [0, 0.05) is 22.5 Å². The van der Waals surface area contributed by atoms with Crippen LogP contribution in [0.3, 0.4) is 0 Å². The first kappa shape index (κ1) is 18.6. The van der Waals surface area contributed by atoms with Crippen LogP contribution in [0.15, 0.2) is 97.2 Å². The maximum absolute atomic E-state index is 9.03. The Bertz CT molecular complexity index is 1630. The molecule has 0 aliphatic carbocycles. The smallest absolute Gasteiger partial charge is 0.243 e. The molecule has 3 aromatic heterocycles. The summed E-state index contributed by atoms with van der Waals surface area (Å²) in [6.45, 7) is 0. The first-order chi connectivity index (χ1) is 15.7. The molecule has 0 spiro atoms. The van der Waals surface area contributed by atoms with Crippen molar-refractivity contribution < 1.29 is 0 Å². The van der Waals surface area contributed by atoms with E-state index in [9.17, 15) is 0 Å². The van der Waals surface area contributed by atoms with E-state index in [-0.39, 0.29) is 0 Å². The van der Waals surface area contributed by atoms with Gasteiger partial charge in [0.15, 0.2) is 5.82 Å². The molecule has 0 bridgehead atoms. The van der Waals surface area contributed by atoms with E-state index in [0.717, 1.165) is 28.0 Å². The van der Waals surface area contributed by atoms with Crippen molar-refractivity contribution in [2.24, 2.45) is 0 Å². The van der Waals surface area contributed by atoms with Crippen molar-refractivity contribution in [1.29, 1.82) is 5.41 Å². The number of rotatable bonds is 3. The number of benzene rings is 3.